The number of para-hydroxylation sites is 1. The first-order valence-corrected chi connectivity index (χ1v) is 8.36. The van der Waals surface area contributed by atoms with E-state index in [2.05, 4.69) is 44.5 Å². The van der Waals surface area contributed by atoms with E-state index < -0.39 is 0 Å². The Morgan fingerprint density at radius 3 is 2.64 bits per heavy atom. The molecule has 0 atom stereocenters. The Bertz CT molecular complexity index is 863. The van der Waals surface area contributed by atoms with Crippen LogP contribution in [0.4, 0.5) is 15.9 Å². The molecular weight excluding hydrogens is 319 g/mol. The standard InChI is InChI=1S/C19H19FN4O/c20-17-3-1-2-16-18(17)22-13-23-19(16)21-12-14-4-6-15(7-5-14)24-8-10-25-11-9-24/h1-7,13H,8-12H2,(H,21,22,23). The first kappa shape index (κ1) is 15.8. The minimum Gasteiger partial charge on any atom is -0.378 e. The number of anilines is 2. The molecule has 0 spiro atoms. The number of hydrogen-bond donors (Lipinski definition) is 1. The number of aromatic nitrogens is 2. The van der Waals surface area contributed by atoms with E-state index in [9.17, 15) is 4.39 Å². The Morgan fingerprint density at radius 2 is 1.84 bits per heavy atom. The van der Waals surface area contributed by atoms with Gasteiger partial charge in [-0.05, 0) is 29.8 Å². The zero-order valence-electron chi connectivity index (χ0n) is 13.8. The molecule has 0 aliphatic carbocycles. The van der Waals surface area contributed by atoms with E-state index in [1.165, 1.54) is 18.1 Å². The second-order valence-electron chi connectivity index (χ2n) is 5.98. The predicted molar refractivity (Wildman–Crippen MR) is 96.3 cm³/mol. The van der Waals surface area contributed by atoms with Crippen molar-refractivity contribution >= 4 is 22.4 Å². The van der Waals surface area contributed by atoms with Gasteiger partial charge in [-0.1, -0.05) is 18.2 Å². The molecule has 2 heterocycles. The highest BCUT2D eigenvalue weighted by Crippen LogP contribution is 2.22. The van der Waals surface area contributed by atoms with Crippen LogP contribution in [0.2, 0.25) is 0 Å². The number of ether oxygens (including phenoxy) is 1. The SMILES string of the molecule is Fc1cccc2c(NCc3ccc(N4CCOCC4)cc3)ncnc12. The molecule has 1 aliphatic heterocycles. The maximum Gasteiger partial charge on any atom is 0.149 e. The molecule has 3 aromatic rings. The van der Waals surface area contributed by atoms with Crippen LogP contribution in [0.1, 0.15) is 5.56 Å². The highest BCUT2D eigenvalue weighted by atomic mass is 19.1. The largest absolute Gasteiger partial charge is 0.378 e. The summed E-state index contributed by atoms with van der Waals surface area (Å²) in [5.41, 5.74) is 2.68. The molecule has 0 radical (unpaired) electrons. The van der Waals surface area contributed by atoms with Crippen LogP contribution in [0.15, 0.2) is 48.8 Å². The maximum absolute atomic E-state index is 13.8. The summed E-state index contributed by atoms with van der Waals surface area (Å²) in [5, 5.41) is 3.97. The molecule has 1 aliphatic rings. The average molecular weight is 338 g/mol. The lowest BCUT2D eigenvalue weighted by Crippen LogP contribution is -2.36. The number of nitrogens with zero attached hydrogens (tertiary/aromatic N) is 3. The maximum atomic E-state index is 13.8. The van der Waals surface area contributed by atoms with Gasteiger partial charge in [-0.2, -0.15) is 0 Å². The Kier molecular flexibility index (Phi) is 4.43. The molecular formula is C19H19FN4O. The Labute approximate surface area is 145 Å². The number of nitrogens with one attached hydrogen (secondary N) is 1. The molecule has 0 unspecified atom stereocenters. The average Bonchev–Trinajstić information content (AvgIpc) is 2.68. The first-order valence-electron chi connectivity index (χ1n) is 8.36. The number of morpholine rings is 1. The van der Waals surface area contributed by atoms with Crippen LogP contribution in [0.3, 0.4) is 0 Å². The van der Waals surface area contributed by atoms with Gasteiger partial charge >= 0.3 is 0 Å². The minimum atomic E-state index is -0.335. The van der Waals surface area contributed by atoms with Crippen molar-refractivity contribution in [1.82, 2.24) is 9.97 Å². The zero-order chi connectivity index (χ0) is 17.1. The van der Waals surface area contributed by atoms with Crippen molar-refractivity contribution in [1.29, 1.82) is 0 Å². The Balaban J connectivity index is 1.47. The van der Waals surface area contributed by atoms with Crippen LogP contribution >= 0.6 is 0 Å². The molecule has 128 valence electrons. The lowest BCUT2D eigenvalue weighted by molar-refractivity contribution is 0.122. The third-order valence-corrected chi connectivity index (χ3v) is 4.39. The molecule has 0 saturated carbocycles. The summed E-state index contributed by atoms with van der Waals surface area (Å²) in [7, 11) is 0. The van der Waals surface area contributed by atoms with E-state index in [0.29, 0.717) is 23.3 Å². The third kappa shape index (κ3) is 3.39. The number of benzene rings is 2. The molecule has 1 fully saturated rings. The summed E-state index contributed by atoms with van der Waals surface area (Å²) in [5.74, 6) is 0.305. The lowest BCUT2D eigenvalue weighted by Gasteiger charge is -2.28. The monoisotopic (exact) mass is 338 g/mol. The van der Waals surface area contributed by atoms with Crippen LogP contribution in [0, 0.1) is 5.82 Å². The second-order valence-corrected chi connectivity index (χ2v) is 5.98. The van der Waals surface area contributed by atoms with E-state index in [1.54, 1.807) is 6.07 Å². The van der Waals surface area contributed by atoms with Crippen LogP contribution in [0.25, 0.3) is 10.9 Å². The molecule has 4 rings (SSSR count). The van der Waals surface area contributed by atoms with Gasteiger partial charge < -0.3 is 15.0 Å². The first-order chi connectivity index (χ1) is 12.3. The lowest BCUT2D eigenvalue weighted by atomic mass is 10.1. The van der Waals surface area contributed by atoms with Crippen molar-refractivity contribution in [2.24, 2.45) is 0 Å². The second kappa shape index (κ2) is 7.03. The molecule has 0 bridgehead atoms. The smallest absolute Gasteiger partial charge is 0.149 e. The van der Waals surface area contributed by atoms with Gasteiger partial charge in [0.2, 0.25) is 0 Å². The number of rotatable bonds is 4. The third-order valence-electron chi connectivity index (χ3n) is 4.39. The van der Waals surface area contributed by atoms with Gasteiger partial charge in [-0.3, -0.25) is 0 Å². The summed E-state index contributed by atoms with van der Waals surface area (Å²) in [6.45, 7) is 4.03. The molecule has 5 nitrogen and oxygen atoms in total. The van der Waals surface area contributed by atoms with Crippen molar-refractivity contribution in [3.63, 3.8) is 0 Å². The fourth-order valence-electron chi connectivity index (χ4n) is 3.02. The van der Waals surface area contributed by atoms with Crippen molar-refractivity contribution in [2.45, 2.75) is 6.54 Å². The van der Waals surface area contributed by atoms with Crippen molar-refractivity contribution < 1.29 is 9.13 Å². The van der Waals surface area contributed by atoms with Gasteiger partial charge in [0, 0.05) is 30.7 Å². The van der Waals surface area contributed by atoms with Crippen molar-refractivity contribution in [3.8, 4) is 0 Å². The predicted octanol–water partition coefficient (Wildman–Crippen LogP) is 3.22. The van der Waals surface area contributed by atoms with Crippen LogP contribution < -0.4 is 10.2 Å². The van der Waals surface area contributed by atoms with Crippen LogP contribution in [-0.4, -0.2) is 36.3 Å². The highest BCUT2D eigenvalue weighted by Gasteiger charge is 2.11. The fourth-order valence-corrected chi connectivity index (χ4v) is 3.02. The van der Waals surface area contributed by atoms with Crippen LogP contribution in [0.5, 0.6) is 0 Å². The molecule has 0 amide bonds. The fraction of sp³-hybridized carbons (Fsp3) is 0.263. The number of fused-ring (bicyclic) bond motifs is 1. The zero-order valence-corrected chi connectivity index (χ0v) is 13.8. The van der Waals surface area contributed by atoms with E-state index in [4.69, 9.17) is 4.74 Å². The summed E-state index contributed by atoms with van der Waals surface area (Å²) in [6, 6.07) is 13.3. The molecule has 1 aromatic heterocycles. The van der Waals surface area contributed by atoms with Crippen LogP contribution in [-0.2, 0) is 11.3 Å². The molecule has 2 aromatic carbocycles. The molecule has 25 heavy (non-hydrogen) atoms. The molecule has 6 heteroatoms. The van der Waals surface area contributed by atoms with Gasteiger partial charge in [-0.15, -0.1) is 0 Å². The summed E-state index contributed by atoms with van der Waals surface area (Å²) in [4.78, 5) is 10.6. The Hall–Kier alpha value is -2.73. The van der Waals surface area contributed by atoms with E-state index in [0.717, 1.165) is 31.9 Å². The van der Waals surface area contributed by atoms with Gasteiger partial charge in [-0.25, -0.2) is 14.4 Å². The molecule has 1 N–H and O–H groups in total. The highest BCUT2D eigenvalue weighted by molar-refractivity contribution is 5.89. The number of halogens is 1. The van der Waals surface area contributed by atoms with Crippen molar-refractivity contribution in [2.75, 3.05) is 36.5 Å². The van der Waals surface area contributed by atoms with Gasteiger partial charge in [0.25, 0.3) is 0 Å². The van der Waals surface area contributed by atoms with E-state index in [-0.39, 0.29) is 5.82 Å². The minimum absolute atomic E-state index is 0.335. The van der Waals surface area contributed by atoms with Gasteiger partial charge in [0.1, 0.15) is 23.5 Å². The molecule has 1 saturated heterocycles. The van der Waals surface area contributed by atoms with Gasteiger partial charge in [0.05, 0.1) is 13.2 Å². The topological polar surface area (TPSA) is 50.3 Å². The Morgan fingerprint density at radius 1 is 1.04 bits per heavy atom. The van der Waals surface area contributed by atoms with E-state index in [1.807, 2.05) is 6.07 Å². The summed E-state index contributed by atoms with van der Waals surface area (Å²) >= 11 is 0. The quantitative estimate of drug-likeness (QED) is 0.792. The summed E-state index contributed by atoms with van der Waals surface area (Å²) < 4.78 is 19.2. The normalized spacial score (nSPS) is 14.7. The van der Waals surface area contributed by atoms with Crippen molar-refractivity contribution in [3.05, 3.63) is 60.2 Å². The number of hydrogen-bond acceptors (Lipinski definition) is 5. The van der Waals surface area contributed by atoms with Gasteiger partial charge in [0.15, 0.2) is 0 Å². The summed E-state index contributed by atoms with van der Waals surface area (Å²) in [6.07, 6.45) is 1.38. The van der Waals surface area contributed by atoms with E-state index >= 15 is 0 Å².